The van der Waals surface area contributed by atoms with E-state index in [4.69, 9.17) is 16.7 Å². The monoisotopic (exact) mass is 447 g/mol. The van der Waals surface area contributed by atoms with Crippen molar-refractivity contribution in [2.45, 2.75) is 4.90 Å². The molecule has 2 rings (SSSR count). The number of anilines is 2. The summed E-state index contributed by atoms with van der Waals surface area (Å²) >= 11 is 0.738. The van der Waals surface area contributed by atoms with E-state index in [0.29, 0.717) is 11.2 Å². The van der Waals surface area contributed by atoms with Crippen LogP contribution in [-0.4, -0.2) is 48.1 Å². The Bertz CT molecular complexity index is 1060. The third-order valence-electron chi connectivity index (χ3n) is 3.17. The van der Waals surface area contributed by atoms with Crippen LogP contribution in [0.4, 0.5) is 19.9 Å². The highest BCUT2D eigenvalue weighted by atomic mass is 32.2. The maximum Gasteiger partial charge on any atom is 0.357 e. The van der Waals surface area contributed by atoms with Crippen molar-refractivity contribution in [1.29, 1.82) is 0 Å². The van der Waals surface area contributed by atoms with E-state index in [1.54, 1.807) is 0 Å². The molecule has 156 valence electrons. The molecule has 29 heavy (non-hydrogen) atoms. The van der Waals surface area contributed by atoms with Gasteiger partial charge in [0, 0.05) is 0 Å². The van der Waals surface area contributed by atoms with Crippen molar-refractivity contribution in [3.63, 3.8) is 0 Å². The molecule has 0 atom stereocenters. The molecule has 0 spiro atoms. The molecule has 1 heterocycles. The Kier molecular flexibility index (Phi) is 6.64. The molecule has 0 saturated heterocycles. The van der Waals surface area contributed by atoms with Gasteiger partial charge in [0.25, 0.3) is 10.0 Å². The average Bonchev–Trinajstić information content (AvgIpc) is 3.08. The van der Waals surface area contributed by atoms with E-state index in [-0.39, 0.29) is 10.7 Å². The van der Waals surface area contributed by atoms with Gasteiger partial charge in [0.2, 0.25) is 5.91 Å². The number of carbonyl (C=O) groups is 3. The minimum atomic E-state index is -4.32. The first kappa shape index (κ1) is 22.0. The summed E-state index contributed by atoms with van der Waals surface area (Å²) in [5, 5.41) is 11.2. The van der Waals surface area contributed by atoms with Crippen LogP contribution < -0.4 is 27.0 Å². The summed E-state index contributed by atoms with van der Waals surface area (Å²) in [6.07, 6.45) is 0. The number of aromatic carboxylic acids is 1. The SMILES string of the molecule is NC(=O)N(N)NCC(=O)Nc1ccc(S(=O)(=O)Nc2scnc2C(=O)O)cc1F. The van der Waals surface area contributed by atoms with Crippen molar-refractivity contribution < 1.29 is 32.3 Å². The maximum atomic E-state index is 14.2. The van der Waals surface area contributed by atoms with Crippen LogP contribution in [0.15, 0.2) is 28.6 Å². The lowest BCUT2D eigenvalue weighted by Crippen LogP contribution is -2.52. The first-order valence-electron chi connectivity index (χ1n) is 7.38. The minimum Gasteiger partial charge on any atom is -0.476 e. The molecule has 0 unspecified atom stereocenters. The van der Waals surface area contributed by atoms with Crippen molar-refractivity contribution in [1.82, 2.24) is 15.5 Å². The maximum absolute atomic E-state index is 14.2. The van der Waals surface area contributed by atoms with E-state index in [9.17, 15) is 27.2 Å². The van der Waals surface area contributed by atoms with Crippen LogP contribution in [0.2, 0.25) is 0 Å². The fourth-order valence-corrected chi connectivity index (χ4v) is 3.85. The normalized spacial score (nSPS) is 11.0. The molecule has 1 aromatic heterocycles. The molecule has 0 fully saturated rings. The molecule has 0 saturated carbocycles. The lowest BCUT2D eigenvalue weighted by Gasteiger charge is -2.14. The summed E-state index contributed by atoms with van der Waals surface area (Å²) in [7, 11) is -4.32. The number of carbonyl (C=O) groups excluding carboxylic acids is 2. The zero-order valence-corrected chi connectivity index (χ0v) is 15.9. The van der Waals surface area contributed by atoms with E-state index >= 15 is 0 Å². The fourth-order valence-electron chi connectivity index (χ4n) is 1.85. The van der Waals surface area contributed by atoms with E-state index < -0.39 is 50.9 Å². The lowest BCUT2D eigenvalue weighted by molar-refractivity contribution is -0.116. The Morgan fingerprint density at radius 1 is 1.31 bits per heavy atom. The number of amides is 3. The number of hydrogen-bond acceptors (Lipinski definition) is 9. The molecule has 0 aliphatic carbocycles. The van der Waals surface area contributed by atoms with E-state index in [1.165, 1.54) is 0 Å². The summed E-state index contributed by atoms with van der Waals surface area (Å²) in [6.45, 7) is -0.524. The molecule has 8 N–H and O–H groups in total. The van der Waals surface area contributed by atoms with Gasteiger partial charge in [0.05, 0.1) is 22.6 Å². The van der Waals surface area contributed by atoms with Crippen LogP contribution in [0.5, 0.6) is 0 Å². The zero-order valence-electron chi connectivity index (χ0n) is 14.2. The van der Waals surface area contributed by atoms with E-state index in [2.05, 4.69) is 15.7 Å². The Labute approximate surface area is 166 Å². The Morgan fingerprint density at radius 3 is 2.59 bits per heavy atom. The summed E-state index contributed by atoms with van der Waals surface area (Å²) in [4.78, 5) is 36.4. The number of nitrogens with one attached hydrogen (secondary N) is 3. The van der Waals surface area contributed by atoms with Crippen LogP contribution in [0.25, 0.3) is 0 Å². The van der Waals surface area contributed by atoms with Gasteiger partial charge >= 0.3 is 12.0 Å². The molecule has 3 amide bonds. The first-order valence-corrected chi connectivity index (χ1v) is 9.74. The molecule has 0 aliphatic rings. The van der Waals surface area contributed by atoms with Gasteiger partial charge in [-0.25, -0.2) is 38.6 Å². The van der Waals surface area contributed by atoms with Gasteiger partial charge < -0.3 is 16.2 Å². The van der Waals surface area contributed by atoms with Crippen LogP contribution in [0, 0.1) is 5.82 Å². The van der Waals surface area contributed by atoms with E-state index in [1.807, 2.05) is 4.72 Å². The predicted octanol–water partition coefficient (Wildman–Crippen LogP) is -0.521. The number of hydrogen-bond donors (Lipinski definition) is 6. The second kappa shape index (κ2) is 8.78. The van der Waals surface area contributed by atoms with Crippen molar-refractivity contribution in [3.05, 3.63) is 35.2 Å². The molecular formula is C13H14FN7O6S2. The second-order valence-electron chi connectivity index (χ2n) is 5.17. The summed E-state index contributed by atoms with van der Waals surface area (Å²) in [5.41, 5.74) is 7.27. The topological polar surface area (TPSA) is 210 Å². The molecule has 0 radical (unpaired) electrons. The zero-order chi connectivity index (χ0) is 21.8. The van der Waals surface area contributed by atoms with Crippen LogP contribution >= 0.6 is 11.3 Å². The molecular weight excluding hydrogens is 433 g/mol. The largest absolute Gasteiger partial charge is 0.476 e. The number of rotatable bonds is 8. The molecule has 2 aromatic rings. The van der Waals surface area contributed by atoms with Crippen LogP contribution in [0.3, 0.4) is 0 Å². The summed E-state index contributed by atoms with van der Waals surface area (Å²) < 4.78 is 40.9. The number of aromatic nitrogens is 1. The van der Waals surface area contributed by atoms with E-state index in [0.717, 1.165) is 29.0 Å². The number of halogens is 1. The van der Waals surface area contributed by atoms with Crippen LogP contribution in [-0.2, 0) is 14.8 Å². The standard InChI is InChI=1S/C13H14FN7O6S2/c14-7-3-6(29(26,27)20-11-10(12(23)24)17-5-28-11)1-2-8(7)19-9(22)4-18-21(16)13(15)25/h1-3,5,18,20H,4,16H2,(H2,15,25)(H,19,22)(H,23,24). The summed E-state index contributed by atoms with van der Waals surface area (Å²) in [6, 6.07) is 1.55. The number of benzene rings is 1. The smallest absolute Gasteiger partial charge is 0.357 e. The van der Waals surface area contributed by atoms with Crippen molar-refractivity contribution in [3.8, 4) is 0 Å². The van der Waals surface area contributed by atoms with Gasteiger partial charge in [0.15, 0.2) is 5.69 Å². The Morgan fingerprint density at radius 2 is 2.00 bits per heavy atom. The second-order valence-corrected chi connectivity index (χ2v) is 7.71. The summed E-state index contributed by atoms with van der Waals surface area (Å²) in [5.74, 6) is 1.80. The quantitative estimate of drug-likeness (QED) is 0.174. The minimum absolute atomic E-state index is 0.248. The number of nitrogens with zero attached hydrogens (tertiary/aromatic N) is 2. The predicted molar refractivity (Wildman–Crippen MR) is 98.5 cm³/mol. The Balaban J connectivity index is 2.11. The number of primary amides is 1. The van der Waals surface area contributed by atoms with Gasteiger partial charge in [-0.3, -0.25) is 9.52 Å². The lowest BCUT2D eigenvalue weighted by atomic mass is 10.3. The molecule has 1 aromatic carbocycles. The molecule has 0 bridgehead atoms. The number of carboxylic acid groups (broad SMARTS) is 1. The molecule has 13 nitrogen and oxygen atoms in total. The number of thiazole rings is 1. The van der Waals surface area contributed by atoms with Gasteiger partial charge in [-0.2, -0.15) is 5.12 Å². The van der Waals surface area contributed by atoms with Gasteiger partial charge in [-0.05, 0) is 18.2 Å². The highest BCUT2D eigenvalue weighted by molar-refractivity contribution is 7.93. The number of hydrazine groups is 2. The van der Waals surface area contributed by atoms with Crippen molar-refractivity contribution in [2.75, 3.05) is 16.6 Å². The highest BCUT2D eigenvalue weighted by Gasteiger charge is 2.22. The number of urea groups is 1. The van der Waals surface area contributed by atoms with Gasteiger partial charge in [0.1, 0.15) is 10.8 Å². The van der Waals surface area contributed by atoms with Gasteiger partial charge in [-0.15, -0.1) is 11.3 Å². The van der Waals surface area contributed by atoms with Crippen molar-refractivity contribution in [2.24, 2.45) is 11.6 Å². The third kappa shape index (κ3) is 5.57. The third-order valence-corrected chi connectivity index (χ3v) is 5.39. The van der Waals surface area contributed by atoms with Crippen molar-refractivity contribution >= 4 is 50.0 Å². The number of nitrogens with two attached hydrogens (primary N) is 2. The van der Waals surface area contributed by atoms with Crippen LogP contribution in [0.1, 0.15) is 10.5 Å². The van der Waals surface area contributed by atoms with Gasteiger partial charge in [-0.1, -0.05) is 0 Å². The fraction of sp³-hybridized carbons (Fsp3) is 0.0769. The average molecular weight is 447 g/mol. The molecule has 0 aliphatic heterocycles. The number of carboxylic acids is 1. The molecule has 16 heteroatoms. The Hall–Kier alpha value is -3.34. The number of sulfonamides is 1. The first-order chi connectivity index (χ1) is 13.5. The highest BCUT2D eigenvalue weighted by Crippen LogP contribution is 2.25.